The van der Waals surface area contributed by atoms with E-state index < -0.39 is 0 Å². The van der Waals surface area contributed by atoms with Crippen LogP contribution in [-0.4, -0.2) is 17.8 Å². The number of benzene rings is 1. The summed E-state index contributed by atoms with van der Waals surface area (Å²) in [4.78, 5) is 0. The largest absolute Gasteiger partial charge is 0.394 e. The van der Waals surface area contributed by atoms with Crippen LogP contribution in [0.2, 0.25) is 0 Å². The highest BCUT2D eigenvalue weighted by molar-refractivity contribution is 5.19. The molecule has 82 valence electrons. The fourth-order valence-electron chi connectivity index (χ4n) is 2.32. The molecule has 1 unspecified atom stereocenters. The first-order valence-electron chi connectivity index (χ1n) is 5.82. The molecule has 1 aromatic carbocycles. The van der Waals surface area contributed by atoms with Gasteiger partial charge in [0.2, 0.25) is 0 Å². The van der Waals surface area contributed by atoms with Crippen molar-refractivity contribution in [2.24, 2.45) is 0 Å². The standard InChI is InChI=1S/C13H19NO/c15-10-13(11-6-2-1-3-7-11)14-12-8-4-5-9-12/h1-3,6-7,12-15H,4-5,8-10H2. The van der Waals surface area contributed by atoms with Crippen LogP contribution in [-0.2, 0) is 0 Å². The van der Waals surface area contributed by atoms with Gasteiger partial charge in [0, 0.05) is 6.04 Å². The summed E-state index contributed by atoms with van der Waals surface area (Å²) in [6.45, 7) is 0.181. The van der Waals surface area contributed by atoms with Crippen molar-refractivity contribution in [1.29, 1.82) is 0 Å². The molecule has 0 saturated heterocycles. The van der Waals surface area contributed by atoms with Gasteiger partial charge in [0.1, 0.15) is 0 Å². The minimum atomic E-state index is 0.106. The molecule has 1 saturated carbocycles. The summed E-state index contributed by atoms with van der Waals surface area (Å²) in [6.07, 6.45) is 5.15. The maximum atomic E-state index is 9.38. The predicted octanol–water partition coefficient (Wildman–Crippen LogP) is 2.25. The molecule has 1 atom stereocenters. The van der Waals surface area contributed by atoms with Gasteiger partial charge >= 0.3 is 0 Å². The highest BCUT2D eigenvalue weighted by Gasteiger charge is 2.19. The van der Waals surface area contributed by atoms with Crippen molar-refractivity contribution in [3.05, 3.63) is 35.9 Å². The molecule has 0 radical (unpaired) electrons. The molecule has 0 heterocycles. The summed E-state index contributed by atoms with van der Waals surface area (Å²) in [5.74, 6) is 0. The van der Waals surface area contributed by atoms with Crippen LogP contribution in [0.25, 0.3) is 0 Å². The normalized spacial score (nSPS) is 19.3. The topological polar surface area (TPSA) is 32.3 Å². The Bertz CT molecular complexity index is 280. The number of hydrogen-bond donors (Lipinski definition) is 2. The summed E-state index contributed by atoms with van der Waals surface area (Å²) in [5.41, 5.74) is 1.19. The highest BCUT2D eigenvalue weighted by Crippen LogP contribution is 2.21. The quantitative estimate of drug-likeness (QED) is 0.790. The second-order valence-corrected chi connectivity index (χ2v) is 4.29. The molecule has 2 nitrogen and oxygen atoms in total. The third kappa shape index (κ3) is 2.80. The molecule has 1 aliphatic rings. The Morgan fingerprint density at radius 1 is 1.20 bits per heavy atom. The summed E-state index contributed by atoms with van der Waals surface area (Å²) < 4.78 is 0. The fourth-order valence-corrected chi connectivity index (χ4v) is 2.32. The van der Waals surface area contributed by atoms with E-state index in [4.69, 9.17) is 0 Å². The first-order chi connectivity index (χ1) is 7.40. The molecular weight excluding hydrogens is 186 g/mol. The summed E-state index contributed by atoms with van der Waals surface area (Å²) in [6, 6.07) is 10.9. The second-order valence-electron chi connectivity index (χ2n) is 4.29. The second kappa shape index (κ2) is 5.29. The van der Waals surface area contributed by atoms with E-state index in [1.54, 1.807) is 0 Å². The smallest absolute Gasteiger partial charge is 0.0626 e. The van der Waals surface area contributed by atoms with Crippen LogP contribution in [0.15, 0.2) is 30.3 Å². The average molecular weight is 205 g/mol. The number of rotatable bonds is 4. The fraction of sp³-hybridized carbons (Fsp3) is 0.538. The molecule has 2 N–H and O–H groups in total. The zero-order chi connectivity index (χ0) is 10.5. The van der Waals surface area contributed by atoms with Crippen molar-refractivity contribution < 1.29 is 5.11 Å². The molecule has 0 aliphatic heterocycles. The first kappa shape index (κ1) is 10.7. The molecule has 1 aromatic rings. The molecule has 2 heteroatoms. The van der Waals surface area contributed by atoms with E-state index in [2.05, 4.69) is 17.4 Å². The van der Waals surface area contributed by atoms with Crippen molar-refractivity contribution in [1.82, 2.24) is 5.32 Å². The lowest BCUT2D eigenvalue weighted by atomic mass is 10.1. The van der Waals surface area contributed by atoms with E-state index in [1.807, 2.05) is 18.2 Å². The number of aliphatic hydroxyl groups excluding tert-OH is 1. The van der Waals surface area contributed by atoms with E-state index in [1.165, 1.54) is 31.2 Å². The molecule has 0 amide bonds. The summed E-state index contributed by atoms with van der Waals surface area (Å²) >= 11 is 0. The van der Waals surface area contributed by atoms with Gasteiger partial charge in [-0.15, -0.1) is 0 Å². The van der Waals surface area contributed by atoms with Crippen molar-refractivity contribution >= 4 is 0 Å². The van der Waals surface area contributed by atoms with Crippen LogP contribution in [0.1, 0.15) is 37.3 Å². The van der Waals surface area contributed by atoms with Gasteiger partial charge < -0.3 is 10.4 Å². The van der Waals surface area contributed by atoms with E-state index in [0.717, 1.165) is 0 Å². The summed E-state index contributed by atoms with van der Waals surface area (Å²) in [5, 5.41) is 12.9. The predicted molar refractivity (Wildman–Crippen MR) is 61.7 cm³/mol. The molecule has 2 rings (SSSR count). The van der Waals surface area contributed by atoms with Gasteiger partial charge in [-0.3, -0.25) is 0 Å². The van der Waals surface area contributed by atoms with E-state index >= 15 is 0 Å². The van der Waals surface area contributed by atoms with Crippen LogP contribution >= 0.6 is 0 Å². The molecule has 1 fully saturated rings. The van der Waals surface area contributed by atoms with Crippen LogP contribution in [0, 0.1) is 0 Å². The number of nitrogens with one attached hydrogen (secondary N) is 1. The average Bonchev–Trinajstić information content (AvgIpc) is 2.80. The molecule has 1 aliphatic carbocycles. The Hall–Kier alpha value is -0.860. The van der Waals surface area contributed by atoms with Crippen LogP contribution in [0.3, 0.4) is 0 Å². The van der Waals surface area contributed by atoms with Crippen molar-refractivity contribution in [2.45, 2.75) is 37.8 Å². The minimum absolute atomic E-state index is 0.106. The van der Waals surface area contributed by atoms with Gasteiger partial charge in [0.05, 0.1) is 12.6 Å². The lowest BCUT2D eigenvalue weighted by Gasteiger charge is -2.21. The highest BCUT2D eigenvalue weighted by atomic mass is 16.3. The van der Waals surface area contributed by atoms with E-state index in [9.17, 15) is 5.11 Å². The molecular formula is C13H19NO. The van der Waals surface area contributed by atoms with Gasteiger partial charge in [-0.05, 0) is 18.4 Å². The third-order valence-electron chi connectivity index (χ3n) is 3.18. The third-order valence-corrected chi connectivity index (χ3v) is 3.18. The maximum absolute atomic E-state index is 9.38. The number of hydrogen-bond acceptors (Lipinski definition) is 2. The Morgan fingerprint density at radius 3 is 2.47 bits per heavy atom. The maximum Gasteiger partial charge on any atom is 0.0626 e. The zero-order valence-corrected chi connectivity index (χ0v) is 9.02. The molecule has 0 aromatic heterocycles. The lowest BCUT2D eigenvalue weighted by molar-refractivity contribution is 0.233. The Morgan fingerprint density at radius 2 is 1.87 bits per heavy atom. The van der Waals surface area contributed by atoms with Crippen LogP contribution in [0.5, 0.6) is 0 Å². The number of aliphatic hydroxyl groups is 1. The van der Waals surface area contributed by atoms with Crippen molar-refractivity contribution in [2.75, 3.05) is 6.61 Å². The zero-order valence-electron chi connectivity index (χ0n) is 9.02. The summed E-state index contributed by atoms with van der Waals surface area (Å²) in [7, 11) is 0. The SMILES string of the molecule is OCC(NC1CCCC1)c1ccccc1. The van der Waals surface area contributed by atoms with E-state index in [0.29, 0.717) is 6.04 Å². The van der Waals surface area contributed by atoms with Gasteiger partial charge in [-0.2, -0.15) is 0 Å². The monoisotopic (exact) mass is 205 g/mol. The van der Waals surface area contributed by atoms with Crippen LogP contribution in [0.4, 0.5) is 0 Å². The van der Waals surface area contributed by atoms with Crippen LogP contribution < -0.4 is 5.32 Å². The van der Waals surface area contributed by atoms with Gasteiger partial charge in [0.25, 0.3) is 0 Å². The Labute approximate surface area is 91.3 Å². The van der Waals surface area contributed by atoms with Crippen molar-refractivity contribution in [3.8, 4) is 0 Å². The Balaban J connectivity index is 1.97. The molecule has 0 spiro atoms. The Kier molecular flexibility index (Phi) is 3.75. The van der Waals surface area contributed by atoms with Crippen molar-refractivity contribution in [3.63, 3.8) is 0 Å². The van der Waals surface area contributed by atoms with Gasteiger partial charge in [-0.1, -0.05) is 43.2 Å². The van der Waals surface area contributed by atoms with Gasteiger partial charge in [0.15, 0.2) is 0 Å². The van der Waals surface area contributed by atoms with E-state index in [-0.39, 0.29) is 12.6 Å². The molecule has 15 heavy (non-hydrogen) atoms. The minimum Gasteiger partial charge on any atom is -0.394 e. The lowest BCUT2D eigenvalue weighted by Crippen LogP contribution is -2.32. The molecule has 0 bridgehead atoms. The first-order valence-corrected chi connectivity index (χ1v) is 5.82. The van der Waals surface area contributed by atoms with Gasteiger partial charge in [-0.25, -0.2) is 0 Å².